The Kier molecular flexibility index (Phi) is 3.97. The minimum atomic E-state index is -0.397. The molecule has 0 amide bonds. The molecule has 3 aromatic rings. The quantitative estimate of drug-likeness (QED) is 0.564. The summed E-state index contributed by atoms with van der Waals surface area (Å²) in [5, 5.41) is 0. The zero-order chi connectivity index (χ0) is 21.1. The largest absolute Gasteiger partial charge is 0.469 e. The van der Waals surface area contributed by atoms with Crippen LogP contribution in [0.15, 0.2) is 81.9 Å². The molecule has 1 unspecified atom stereocenters. The number of aliphatic imine (C=N–C) groups is 1. The van der Waals surface area contributed by atoms with Crippen LogP contribution >= 0.6 is 0 Å². The number of Topliss-reactive ketones (excluding diaryl/α,β-unsaturated/α-hetero) is 2. The summed E-state index contributed by atoms with van der Waals surface area (Å²) in [6, 6.07) is 19.6. The molecular weight excluding hydrogens is 386 g/mol. The van der Waals surface area contributed by atoms with Gasteiger partial charge in [0.1, 0.15) is 11.5 Å². The Balaban J connectivity index is 1.53. The first-order valence-electron chi connectivity index (χ1n) is 10.7. The van der Waals surface area contributed by atoms with Crippen LogP contribution in [-0.2, 0) is 4.79 Å². The van der Waals surface area contributed by atoms with Crippen molar-refractivity contribution in [2.75, 3.05) is 0 Å². The Bertz CT molecular complexity index is 1280. The van der Waals surface area contributed by atoms with E-state index in [-0.39, 0.29) is 23.4 Å². The highest BCUT2D eigenvalue weighted by Gasteiger charge is 2.49. The van der Waals surface area contributed by atoms with Gasteiger partial charge < -0.3 is 4.42 Å². The summed E-state index contributed by atoms with van der Waals surface area (Å²) >= 11 is 0. The minimum absolute atomic E-state index is 0.0000620. The third kappa shape index (κ3) is 2.71. The van der Waals surface area contributed by atoms with Gasteiger partial charge in [0.15, 0.2) is 5.78 Å². The molecule has 31 heavy (non-hydrogen) atoms. The number of nitrogens with zero attached hydrogens (tertiary/aromatic N) is 1. The maximum absolute atomic E-state index is 13.5. The van der Waals surface area contributed by atoms with Gasteiger partial charge in [-0.3, -0.25) is 14.6 Å². The highest BCUT2D eigenvalue weighted by molar-refractivity contribution is 6.25. The number of allylic oxidation sites excluding steroid dienone is 1. The molecule has 1 saturated carbocycles. The third-order valence-corrected chi connectivity index (χ3v) is 6.82. The van der Waals surface area contributed by atoms with E-state index < -0.39 is 5.92 Å². The minimum Gasteiger partial charge on any atom is -0.469 e. The average molecular weight is 407 g/mol. The fraction of sp³-hybridized carbons (Fsp3) is 0.222. The van der Waals surface area contributed by atoms with E-state index in [1.165, 1.54) is 0 Å². The highest BCUT2D eigenvalue weighted by atomic mass is 16.3. The second kappa shape index (κ2) is 6.74. The van der Waals surface area contributed by atoms with Crippen molar-refractivity contribution in [2.24, 2.45) is 10.9 Å². The van der Waals surface area contributed by atoms with E-state index in [0.29, 0.717) is 24.0 Å². The van der Waals surface area contributed by atoms with Crippen LogP contribution < -0.4 is 0 Å². The standard InChI is InChI=1S/C27H21NO3/c1-15-8-10-16(11-9-15)23-24-20(13-17(14-21(24)29)22-7-4-12-31-22)28-26-18-5-2-3-6-19(18)27(30)25(23)26/h2-12,17,23-24H,13-14H2,1H3/t17-,23-,24?/m1/s1. The van der Waals surface area contributed by atoms with Gasteiger partial charge in [0.05, 0.1) is 17.9 Å². The molecule has 152 valence electrons. The molecular formula is C27H21NO3. The molecule has 0 spiro atoms. The molecule has 0 N–H and O–H groups in total. The predicted octanol–water partition coefficient (Wildman–Crippen LogP) is 5.50. The Morgan fingerprint density at radius 1 is 0.871 bits per heavy atom. The smallest absolute Gasteiger partial charge is 0.192 e. The molecule has 2 aromatic carbocycles. The van der Waals surface area contributed by atoms with Crippen LogP contribution in [-0.4, -0.2) is 17.3 Å². The van der Waals surface area contributed by atoms with Gasteiger partial charge >= 0.3 is 0 Å². The van der Waals surface area contributed by atoms with Crippen LogP contribution in [0.5, 0.6) is 0 Å². The Morgan fingerprint density at radius 2 is 1.65 bits per heavy atom. The molecule has 0 saturated heterocycles. The van der Waals surface area contributed by atoms with E-state index in [4.69, 9.17) is 9.41 Å². The number of benzene rings is 2. The lowest BCUT2D eigenvalue weighted by molar-refractivity contribution is -0.122. The van der Waals surface area contributed by atoms with E-state index in [0.717, 1.165) is 33.9 Å². The van der Waals surface area contributed by atoms with E-state index in [9.17, 15) is 9.59 Å². The van der Waals surface area contributed by atoms with Gasteiger partial charge in [0, 0.05) is 40.7 Å². The zero-order valence-electron chi connectivity index (χ0n) is 17.2. The first-order chi connectivity index (χ1) is 15.1. The van der Waals surface area contributed by atoms with Crippen LogP contribution in [0.4, 0.5) is 0 Å². The molecule has 6 rings (SSSR count). The lowest BCUT2D eigenvalue weighted by Gasteiger charge is -2.37. The molecule has 3 aliphatic rings. The normalized spacial score (nSPS) is 24.5. The van der Waals surface area contributed by atoms with Crippen LogP contribution in [0.3, 0.4) is 0 Å². The first-order valence-corrected chi connectivity index (χ1v) is 10.7. The number of hydrogen-bond donors (Lipinski definition) is 0. The summed E-state index contributed by atoms with van der Waals surface area (Å²) in [7, 11) is 0. The van der Waals surface area contributed by atoms with E-state index in [1.54, 1.807) is 6.26 Å². The van der Waals surface area contributed by atoms with Crippen molar-refractivity contribution < 1.29 is 14.0 Å². The molecule has 0 radical (unpaired) electrons. The van der Waals surface area contributed by atoms with Gasteiger partial charge in [-0.15, -0.1) is 0 Å². The molecule has 1 aliphatic heterocycles. The van der Waals surface area contributed by atoms with E-state index in [1.807, 2.05) is 55.5 Å². The molecule has 0 bridgehead atoms. The molecule has 1 aromatic heterocycles. The van der Waals surface area contributed by atoms with Gasteiger partial charge in [0.2, 0.25) is 0 Å². The van der Waals surface area contributed by atoms with Gasteiger partial charge in [-0.05, 0) is 31.0 Å². The van der Waals surface area contributed by atoms with Crippen molar-refractivity contribution in [1.29, 1.82) is 0 Å². The van der Waals surface area contributed by atoms with Crippen molar-refractivity contribution in [3.05, 3.63) is 101 Å². The Morgan fingerprint density at radius 3 is 2.39 bits per heavy atom. The number of hydrogen-bond acceptors (Lipinski definition) is 4. The zero-order valence-corrected chi connectivity index (χ0v) is 17.2. The number of carbonyl (C=O) groups is 2. The van der Waals surface area contributed by atoms with Gasteiger partial charge in [-0.1, -0.05) is 54.1 Å². The summed E-state index contributed by atoms with van der Waals surface area (Å²) < 4.78 is 5.61. The molecule has 4 nitrogen and oxygen atoms in total. The fourth-order valence-corrected chi connectivity index (χ4v) is 5.36. The van der Waals surface area contributed by atoms with Gasteiger partial charge in [-0.2, -0.15) is 0 Å². The van der Waals surface area contributed by atoms with E-state index in [2.05, 4.69) is 12.1 Å². The first kappa shape index (κ1) is 18.3. The van der Waals surface area contributed by atoms with Gasteiger partial charge in [-0.25, -0.2) is 0 Å². The topological polar surface area (TPSA) is 59.6 Å². The number of rotatable bonds is 2. The van der Waals surface area contributed by atoms with Crippen molar-refractivity contribution in [2.45, 2.75) is 31.6 Å². The third-order valence-electron chi connectivity index (χ3n) is 6.82. The molecule has 4 heteroatoms. The fourth-order valence-electron chi connectivity index (χ4n) is 5.36. The molecule has 2 aliphatic carbocycles. The monoisotopic (exact) mass is 407 g/mol. The summed E-state index contributed by atoms with van der Waals surface area (Å²) in [6.45, 7) is 2.04. The SMILES string of the molecule is Cc1ccc([C@H]2C3=C(N=C4C[C@@H](c5ccco5)CC(=O)C42)c2ccccc2C3=O)cc1. The molecule has 1 fully saturated rings. The number of aryl methyl sites for hydroxylation is 1. The lowest BCUT2D eigenvalue weighted by Crippen LogP contribution is -2.40. The number of furan rings is 1. The maximum Gasteiger partial charge on any atom is 0.192 e. The van der Waals surface area contributed by atoms with Crippen LogP contribution in [0, 0.1) is 12.8 Å². The van der Waals surface area contributed by atoms with E-state index >= 15 is 0 Å². The van der Waals surface area contributed by atoms with Crippen molar-refractivity contribution in [3.8, 4) is 0 Å². The van der Waals surface area contributed by atoms with Crippen molar-refractivity contribution in [1.82, 2.24) is 0 Å². The number of carbonyl (C=O) groups excluding carboxylic acids is 2. The van der Waals surface area contributed by atoms with Crippen LogP contribution in [0.2, 0.25) is 0 Å². The second-order valence-corrected chi connectivity index (χ2v) is 8.69. The maximum atomic E-state index is 13.5. The van der Waals surface area contributed by atoms with Crippen molar-refractivity contribution >= 4 is 23.0 Å². The van der Waals surface area contributed by atoms with Crippen LogP contribution in [0.25, 0.3) is 5.70 Å². The number of fused-ring (bicyclic) bond motifs is 3. The Labute approximate surface area is 180 Å². The summed E-state index contributed by atoms with van der Waals surface area (Å²) in [6.07, 6.45) is 2.72. The number of ketones is 2. The summed E-state index contributed by atoms with van der Waals surface area (Å²) in [5.74, 6) is 0.251. The molecule has 3 atom stereocenters. The van der Waals surface area contributed by atoms with Crippen LogP contribution in [0.1, 0.15) is 57.5 Å². The summed E-state index contributed by atoms with van der Waals surface area (Å²) in [5.41, 5.74) is 5.99. The Hall–Kier alpha value is -3.53. The van der Waals surface area contributed by atoms with Crippen molar-refractivity contribution in [3.63, 3.8) is 0 Å². The predicted molar refractivity (Wildman–Crippen MR) is 118 cm³/mol. The molecule has 2 heterocycles. The van der Waals surface area contributed by atoms with Gasteiger partial charge in [0.25, 0.3) is 0 Å². The second-order valence-electron chi connectivity index (χ2n) is 8.69. The summed E-state index contributed by atoms with van der Waals surface area (Å²) in [4.78, 5) is 31.9. The highest BCUT2D eigenvalue weighted by Crippen LogP contribution is 2.51. The lowest BCUT2D eigenvalue weighted by atomic mass is 9.66. The average Bonchev–Trinajstić information content (AvgIpc) is 3.41.